The minimum Gasteiger partial charge on any atom is -0.507 e. The van der Waals surface area contributed by atoms with Crippen LogP contribution in [0, 0.1) is 6.92 Å². The van der Waals surface area contributed by atoms with Crippen LogP contribution in [0.25, 0.3) is 0 Å². The van der Waals surface area contributed by atoms with Crippen molar-refractivity contribution < 1.29 is 9.90 Å². The number of benzene rings is 1. The average molecular weight is 339 g/mol. The minimum atomic E-state index is -0.549. The molecule has 7 nitrogen and oxygen atoms in total. The quantitative estimate of drug-likeness (QED) is 0.499. The summed E-state index contributed by atoms with van der Waals surface area (Å²) in [6.45, 7) is 1.52. The maximum absolute atomic E-state index is 11.7. The monoisotopic (exact) mass is 338 g/mol. The Kier molecular flexibility index (Phi) is 4.04. The smallest absolute Gasteiger partial charge is 0.289 e. The Labute approximate surface area is 121 Å². The zero-order valence-electron chi connectivity index (χ0n) is 10.4. The van der Waals surface area contributed by atoms with Crippen molar-refractivity contribution in [3.63, 3.8) is 0 Å². The SMILES string of the molecule is Cc1c(C(=O)N/N=C/c2cc(Br)ccc2O)[nH][nH]c1=O. The van der Waals surface area contributed by atoms with Gasteiger partial charge in [-0.2, -0.15) is 5.10 Å². The van der Waals surface area contributed by atoms with E-state index in [4.69, 9.17) is 0 Å². The highest BCUT2D eigenvalue weighted by molar-refractivity contribution is 9.10. The minimum absolute atomic E-state index is 0.0393. The lowest BCUT2D eigenvalue weighted by Crippen LogP contribution is -2.19. The van der Waals surface area contributed by atoms with Gasteiger partial charge < -0.3 is 5.11 Å². The molecule has 0 aliphatic heterocycles. The summed E-state index contributed by atoms with van der Waals surface area (Å²) in [6, 6.07) is 4.83. The van der Waals surface area contributed by atoms with Gasteiger partial charge in [0, 0.05) is 15.6 Å². The molecule has 0 bridgehead atoms. The molecule has 0 unspecified atom stereocenters. The van der Waals surface area contributed by atoms with Crippen molar-refractivity contribution in [2.45, 2.75) is 6.92 Å². The van der Waals surface area contributed by atoms with Crippen LogP contribution in [0.4, 0.5) is 0 Å². The molecule has 2 aromatic rings. The number of hydrogen-bond acceptors (Lipinski definition) is 4. The summed E-state index contributed by atoms with van der Waals surface area (Å²) in [4.78, 5) is 22.9. The predicted octanol–water partition coefficient (Wildman–Crippen LogP) is 1.24. The molecular formula is C12H11BrN4O3. The molecule has 0 atom stereocenters. The summed E-state index contributed by atoms with van der Waals surface area (Å²) < 4.78 is 0.772. The van der Waals surface area contributed by atoms with Gasteiger partial charge in [0.25, 0.3) is 11.5 Å². The number of aromatic hydroxyl groups is 1. The summed E-state index contributed by atoms with van der Waals surface area (Å²) in [5, 5.41) is 18.1. The number of halogens is 1. The van der Waals surface area contributed by atoms with Crippen molar-refractivity contribution in [2.75, 3.05) is 0 Å². The Morgan fingerprint density at radius 1 is 1.45 bits per heavy atom. The molecule has 0 saturated heterocycles. The molecule has 0 spiro atoms. The number of phenols is 1. The van der Waals surface area contributed by atoms with E-state index in [1.807, 2.05) is 0 Å². The van der Waals surface area contributed by atoms with Crippen molar-refractivity contribution in [3.8, 4) is 5.75 Å². The second-order valence-electron chi connectivity index (χ2n) is 3.98. The Bertz CT molecular complexity index is 733. The number of hydrazone groups is 1. The van der Waals surface area contributed by atoms with Crippen LogP contribution in [-0.4, -0.2) is 27.4 Å². The highest BCUT2D eigenvalue weighted by Gasteiger charge is 2.12. The van der Waals surface area contributed by atoms with E-state index < -0.39 is 5.91 Å². The van der Waals surface area contributed by atoms with Crippen LogP contribution < -0.4 is 11.0 Å². The fourth-order valence-electron chi connectivity index (χ4n) is 1.49. The molecule has 0 aliphatic rings. The van der Waals surface area contributed by atoms with Crippen LogP contribution in [0.2, 0.25) is 0 Å². The van der Waals surface area contributed by atoms with E-state index in [-0.39, 0.29) is 22.6 Å². The third-order valence-electron chi connectivity index (χ3n) is 2.60. The number of carbonyl (C=O) groups excluding carboxylic acids is 1. The molecule has 0 saturated carbocycles. The average Bonchev–Trinajstić information content (AvgIpc) is 2.74. The number of aromatic amines is 2. The lowest BCUT2D eigenvalue weighted by Gasteiger charge is -2.00. The highest BCUT2D eigenvalue weighted by atomic mass is 79.9. The van der Waals surface area contributed by atoms with Crippen LogP contribution in [0.3, 0.4) is 0 Å². The number of phenolic OH excluding ortho intramolecular Hbond substituents is 1. The van der Waals surface area contributed by atoms with E-state index in [0.717, 1.165) is 4.47 Å². The van der Waals surface area contributed by atoms with Crippen molar-refractivity contribution in [3.05, 3.63) is 49.8 Å². The van der Waals surface area contributed by atoms with E-state index >= 15 is 0 Å². The van der Waals surface area contributed by atoms with Crippen LogP contribution in [0.5, 0.6) is 5.75 Å². The molecule has 1 heterocycles. The molecule has 104 valence electrons. The molecule has 1 aromatic carbocycles. The van der Waals surface area contributed by atoms with E-state index in [9.17, 15) is 14.7 Å². The molecule has 1 amide bonds. The van der Waals surface area contributed by atoms with Crippen molar-refractivity contribution in [1.82, 2.24) is 15.6 Å². The molecule has 0 aliphatic carbocycles. The van der Waals surface area contributed by atoms with Crippen molar-refractivity contribution in [1.29, 1.82) is 0 Å². The predicted molar refractivity (Wildman–Crippen MR) is 77.0 cm³/mol. The van der Waals surface area contributed by atoms with Crippen molar-refractivity contribution >= 4 is 28.1 Å². The fourth-order valence-corrected chi connectivity index (χ4v) is 1.87. The summed E-state index contributed by atoms with van der Waals surface area (Å²) in [5.41, 5.74) is 2.74. The van der Waals surface area contributed by atoms with Crippen LogP contribution in [0.1, 0.15) is 21.6 Å². The van der Waals surface area contributed by atoms with Crippen LogP contribution in [0.15, 0.2) is 32.6 Å². The first kappa shape index (κ1) is 14.1. The lowest BCUT2D eigenvalue weighted by atomic mass is 10.2. The number of H-pyrrole nitrogens is 2. The van der Waals surface area contributed by atoms with Gasteiger partial charge in [-0.1, -0.05) is 15.9 Å². The largest absolute Gasteiger partial charge is 0.507 e. The normalized spacial score (nSPS) is 10.9. The number of hydrogen-bond donors (Lipinski definition) is 4. The van der Waals surface area contributed by atoms with E-state index in [1.165, 1.54) is 19.2 Å². The van der Waals surface area contributed by atoms with Gasteiger partial charge in [-0.3, -0.25) is 19.8 Å². The number of carbonyl (C=O) groups is 1. The molecule has 1 aromatic heterocycles. The van der Waals surface area contributed by atoms with Crippen LogP contribution in [-0.2, 0) is 0 Å². The number of rotatable bonds is 3. The third-order valence-corrected chi connectivity index (χ3v) is 3.10. The zero-order chi connectivity index (χ0) is 14.7. The van der Waals surface area contributed by atoms with Gasteiger partial charge in [-0.05, 0) is 25.1 Å². The van der Waals surface area contributed by atoms with Gasteiger partial charge >= 0.3 is 0 Å². The number of aromatic nitrogens is 2. The molecule has 8 heteroatoms. The first-order valence-electron chi connectivity index (χ1n) is 5.58. The second kappa shape index (κ2) is 5.74. The summed E-state index contributed by atoms with van der Waals surface area (Å²) in [5.74, 6) is -0.510. The standard InChI is InChI=1S/C12H11BrN4O3/c1-6-10(15-17-11(6)19)12(20)16-14-5-7-4-8(13)2-3-9(7)18/h2-5,18H,1H3,(H,16,20)(H2,15,17,19)/b14-5+. The van der Waals surface area contributed by atoms with Gasteiger partial charge in [-0.25, -0.2) is 5.43 Å². The topological polar surface area (TPSA) is 110 Å². The third kappa shape index (κ3) is 2.97. The van der Waals surface area contributed by atoms with E-state index in [1.54, 1.807) is 12.1 Å². The van der Waals surface area contributed by atoms with Crippen LogP contribution >= 0.6 is 15.9 Å². The van der Waals surface area contributed by atoms with Gasteiger partial charge in [0.15, 0.2) is 0 Å². The molecule has 2 rings (SSSR count). The van der Waals surface area contributed by atoms with Crippen molar-refractivity contribution in [2.24, 2.45) is 5.10 Å². The number of nitrogens with one attached hydrogen (secondary N) is 3. The van der Waals surface area contributed by atoms with Gasteiger partial charge in [0.2, 0.25) is 0 Å². The zero-order valence-corrected chi connectivity index (χ0v) is 12.0. The molecule has 0 radical (unpaired) electrons. The van der Waals surface area contributed by atoms with Gasteiger partial charge in [0.05, 0.1) is 6.21 Å². The summed E-state index contributed by atoms with van der Waals surface area (Å²) in [7, 11) is 0. The Morgan fingerprint density at radius 2 is 2.20 bits per heavy atom. The summed E-state index contributed by atoms with van der Waals surface area (Å²) >= 11 is 3.26. The Hall–Kier alpha value is -2.35. The Morgan fingerprint density at radius 3 is 2.85 bits per heavy atom. The second-order valence-corrected chi connectivity index (χ2v) is 4.90. The highest BCUT2D eigenvalue weighted by Crippen LogP contribution is 2.19. The maximum Gasteiger partial charge on any atom is 0.289 e. The van der Waals surface area contributed by atoms with Gasteiger partial charge in [0.1, 0.15) is 11.4 Å². The van der Waals surface area contributed by atoms with Gasteiger partial charge in [-0.15, -0.1) is 0 Å². The summed E-state index contributed by atoms with van der Waals surface area (Å²) in [6.07, 6.45) is 1.30. The van der Waals surface area contributed by atoms with E-state index in [2.05, 4.69) is 36.7 Å². The first-order chi connectivity index (χ1) is 9.49. The molecule has 0 fully saturated rings. The fraction of sp³-hybridized carbons (Fsp3) is 0.0833. The first-order valence-corrected chi connectivity index (χ1v) is 6.37. The molecule has 20 heavy (non-hydrogen) atoms. The maximum atomic E-state index is 11.7. The molecular weight excluding hydrogens is 328 g/mol. The number of nitrogens with zero attached hydrogens (tertiary/aromatic N) is 1. The lowest BCUT2D eigenvalue weighted by molar-refractivity contribution is 0.0949. The Balaban J connectivity index is 2.10. The van der Waals surface area contributed by atoms with E-state index in [0.29, 0.717) is 5.56 Å². The molecule has 4 N–H and O–H groups in total. The number of amides is 1.